The maximum atomic E-state index is 11.0. The molecule has 0 unspecified atom stereocenters. The van der Waals surface area contributed by atoms with Crippen molar-refractivity contribution in [2.75, 3.05) is 0 Å². The Hall–Kier alpha value is -1.84. The highest BCUT2D eigenvalue weighted by atomic mass is 16.4. The topological polar surface area (TPSA) is 55.1 Å². The first-order chi connectivity index (χ1) is 8.33. The molecule has 0 amide bonds. The van der Waals surface area contributed by atoms with Gasteiger partial charge in [-0.2, -0.15) is 5.10 Å². The molecule has 0 atom stereocenters. The van der Waals surface area contributed by atoms with Crippen molar-refractivity contribution in [2.45, 2.75) is 32.6 Å². The highest BCUT2D eigenvalue weighted by molar-refractivity contribution is 5.87. The van der Waals surface area contributed by atoms with E-state index in [0.29, 0.717) is 0 Å². The van der Waals surface area contributed by atoms with Crippen molar-refractivity contribution in [1.82, 2.24) is 9.78 Å². The molecular weight excluding hydrogens is 228 g/mol. The summed E-state index contributed by atoms with van der Waals surface area (Å²) >= 11 is 0. The fourth-order valence-corrected chi connectivity index (χ4v) is 2.56. The van der Waals surface area contributed by atoms with Gasteiger partial charge in [-0.05, 0) is 18.6 Å². The Kier molecular flexibility index (Phi) is 2.89. The lowest BCUT2D eigenvalue weighted by molar-refractivity contribution is -0.138. The molecule has 0 aliphatic carbocycles. The summed E-state index contributed by atoms with van der Waals surface area (Å²) in [5.41, 5.74) is 2.64. The quantitative estimate of drug-likeness (QED) is 0.905. The fourth-order valence-electron chi connectivity index (χ4n) is 2.56. The molecule has 0 radical (unpaired) electrons. The van der Waals surface area contributed by atoms with Crippen molar-refractivity contribution in [3.8, 4) is 0 Å². The zero-order valence-electron chi connectivity index (χ0n) is 11.2. The van der Waals surface area contributed by atoms with Crippen LogP contribution in [-0.4, -0.2) is 20.9 Å². The molecule has 0 fully saturated rings. The zero-order valence-corrected chi connectivity index (χ0v) is 11.2. The second-order valence-corrected chi connectivity index (χ2v) is 5.36. The lowest BCUT2D eigenvalue weighted by Gasteiger charge is -2.24. The standard InChI is InChI=1S/C14H18N2O2/c1-9-13-10(14(2,3)8-12(17)18)6-5-7-11(13)16(4)15-9/h5-7H,8H2,1-4H3,(H,17,18). The van der Waals surface area contributed by atoms with Gasteiger partial charge in [0.1, 0.15) is 0 Å². The molecule has 1 aromatic carbocycles. The fraction of sp³-hybridized carbons (Fsp3) is 0.429. The first-order valence-electron chi connectivity index (χ1n) is 5.97. The van der Waals surface area contributed by atoms with Gasteiger partial charge in [-0.15, -0.1) is 0 Å². The molecule has 2 aromatic rings. The van der Waals surface area contributed by atoms with E-state index in [1.807, 2.05) is 50.7 Å². The minimum absolute atomic E-state index is 0.112. The Bertz CT molecular complexity index is 612. The number of nitrogens with zero attached hydrogens (tertiary/aromatic N) is 2. The van der Waals surface area contributed by atoms with E-state index < -0.39 is 11.4 Å². The Morgan fingerprint density at radius 3 is 2.72 bits per heavy atom. The molecule has 4 nitrogen and oxygen atoms in total. The minimum atomic E-state index is -0.779. The SMILES string of the molecule is Cc1nn(C)c2cccc(C(C)(C)CC(=O)O)c12. The first-order valence-corrected chi connectivity index (χ1v) is 5.97. The number of carboxylic acid groups (broad SMARTS) is 1. The van der Waals surface area contributed by atoms with E-state index in [1.165, 1.54) is 0 Å². The van der Waals surface area contributed by atoms with E-state index in [0.717, 1.165) is 22.2 Å². The van der Waals surface area contributed by atoms with Crippen molar-refractivity contribution in [2.24, 2.45) is 7.05 Å². The normalized spacial score (nSPS) is 12.0. The third-order valence-corrected chi connectivity index (χ3v) is 3.38. The summed E-state index contributed by atoms with van der Waals surface area (Å²) < 4.78 is 1.84. The molecule has 18 heavy (non-hydrogen) atoms. The van der Waals surface area contributed by atoms with Crippen LogP contribution in [0.5, 0.6) is 0 Å². The Morgan fingerprint density at radius 2 is 2.11 bits per heavy atom. The van der Waals surface area contributed by atoms with E-state index in [4.69, 9.17) is 5.11 Å². The highest BCUT2D eigenvalue weighted by Crippen LogP contribution is 2.34. The van der Waals surface area contributed by atoms with E-state index in [1.54, 1.807) is 0 Å². The van der Waals surface area contributed by atoms with Gasteiger partial charge in [0, 0.05) is 17.8 Å². The second-order valence-electron chi connectivity index (χ2n) is 5.36. The summed E-state index contributed by atoms with van der Waals surface area (Å²) in [6, 6.07) is 5.97. The maximum Gasteiger partial charge on any atom is 0.304 e. The predicted molar refractivity (Wildman–Crippen MR) is 70.7 cm³/mol. The van der Waals surface area contributed by atoms with Crippen LogP contribution in [0.2, 0.25) is 0 Å². The van der Waals surface area contributed by atoms with E-state index in [2.05, 4.69) is 5.10 Å². The van der Waals surface area contributed by atoms with Crippen molar-refractivity contribution < 1.29 is 9.90 Å². The number of hydrogen-bond acceptors (Lipinski definition) is 2. The molecular formula is C14H18N2O2. The highest BCUT2D eigenvalue weighted by Gasteiger charge is 2.27. The van der Waals surface area contributed by atoms with Gasteiger partial charge in [0.2, 0.25) is 0 Å². The van der Waals surface area contributed by atoms with Gasteiger partial charge in [-0.3, -0.25) is 9.48 Å². The molecule has 96 valence electrons. The van der Waals surface area contributed by atoms with Gasteiger partial charge in [-0.25, -0.2) is 0 Å². The Labute approximate surface area is 106 Å². The smallest absolute Gasteiger partial charge is 0.304 e. The summed E-state index contributed by atoms with van der Waals surface area (Å²) in [5, 5.41) is 14.5. The number of carboxylic acids is 1. The molecule has 1 N–H and O–H groups in total. The van der Waals surface area contributed by atoms with Gasteiger partial charge >= 0.3 is 5.97 Å². The van der Waals surface area contributed by atoms with Crippen LogP contribution in [0, 0.1) is 6.92 Å². The molecule has 0 spiro atoms. The van der Waals surface area contributed by atoms with Crippen molar-refractivity contribution >= 4 is 16.9 Å². The molecule has 0 aliphatic rings. The van der Waals surface area contributed by atoms with Gasteiger partial charge < -0.3 is 5.11 Å². The number of carbonyl (C=O) groups is 1. The molecule has 4 heteroatoms. The third kappa shape index (κ3) is 1.98. The van der Waals surface area contributed by atoms with E-state index in [9.17, 15) is 4.79 Å². The van der Waals surface area contributed by atoms with E-state index >= 15 is 0 Å². The van der Waals surface area contributed by atoms with Crippen molar-refractivity contribution in [3.63, 3.8) is 0 Å². The van der Waals surface area contributed by atoms with Crippen molar-refractivity contribution in [3.05, 3.63) is 29.5 Å². The molecule has 0 aliphatic heterocycles. The minimum Gasteiger partial charge on any atom is -0.481 e. The van der Waals surface area contributed by atoms with Crippen molar-refractivity contribution in [1.29, 1.82) is 0 Å². The largest absolute Gasteiger partial charge is 0.481 e. The molecule has 1 heterocycles. The number of hydrogen-bond donors (Lipinski definition) is 1. The molecule has 0 saturated carbocycles. The number of aromatic nitrogens is 2. The van der Waals surface area contributed by atoms with Crippen LogP contribution in [0.1, 0.15) is 31.5 Å². The average molecular weight is 246 g/mol. The maximum absolute atomic E-state index is 11.0. The monoisotopic (exact) mass is 246 g/mol. The van der Waals surface area contributed by atoms with Crippen LogP contribution in [-0.2, 0) is 17.3 Å². The van der Waals surface area contributed by atoms with Crippen LogP contribution in [0.25, 0.3) is 10.9 Å². The predicted octanol–water partition coefficient (Wildman–Crippen LogP) is 2.63. The van der Waals surface area contributed by atoms with Gasteiger partial charge in [0.15, 0.2) is 0 Å². The van der Waals surface area contributed by atoms with Crippen LogP contribution in [0.3, 0.4) is 0 Å². The Morgan fingerprint density at radius 1 is 1.44 bits per heavy atom. The molecule has 0 bridgehead atoms. The van der Waals surface area contributed by atoms with Crippen LogP contribution in [0.4, 0.5) is 0 Å². The second kappa shape index (κ2) is 4.12. The summed E-state index contributed by atoms with van der Waals surface area (Å²) in [6.07, 6.45) is 0.112. The first kappa shape index (κ1) is 12.6. The Balaban J connectivity index is 2.68. The molecule has 2 rings (SSSR count). The summed E-state index contributed by atoms with van der Waals surface area (Å²) in [4.78, 5) is 11.0. The molecule has 0 saturated heterocycles. The van der Waals surface area contributed by atoms with Crippen LogP contribution >= 0.6 is 0 Å². The number of aliphatic carboxylic acids is 1. The number of aryl methyl sites for hydroxylation is 2. The van der Waals surface area contributed by atoms with Gasteiger partial charge in [0.25, 0.3) is 0 Å². The number of fused-ring (bicyclic) bond motifs is 1. The number of benzene rings is 1. The lowest BCUT2D eigenvalue weighted by Crippen LogP contribution is -2.22. The summed E-state index contributed by atoms with van der Waals surface area (Å²) in [7, 11) is 1.91. The van der Waals surface area contributed by atoms with E-state index in [-0.39, 0.29) is 6.42 Å². The summed E-state index contributed by atoms with van der Waals surface area (Å²) in [6.45, 7) is 5.88. The van der Waals surface area contributed by atoms with Gasteiger partial charge in [0.05, 0.1) is 17.6 Å². The third-order valence-electron chi connectivity index (χ3n) is 3.38. The number of rotatable bonds is 3. The molecule has 1 aromatic heterocycles. The average Bonchev–Trinajstić information content (AvgIpc) is 2.53. The van der Waals surface area contributed by atoms with Crippen LogP contribution < -0.4 is 0 Å². The zero-order chi connectivity index (χ0) is 13.5. The van der Waals surface area contributed by atoms with Gasteiger partial charge in [-0.1, -0.05) is 26.0 Å². The van der Waals surface area contributed by atoms with Crippen LogP contribution in [0.15, 0.2) is 18.2 Å². The summed E-state index contributed by atoms with van der Waals surface area (Å²) in [5.74, 6) is -0.779. The lowest BCUT2D eigenvalue weighted by atomic mass is 9.79.